The van der Waals surface area contributed by atoms with E-state index in [1.165, 1.54) is 25.7 Å². The van der Waals surface area contributed by atoms with Crippen molar-refractivity contribution >= 4 is 11.6 Å². The Kier molecular flexibility index (Phi) is 4.86. The van der Waals surface area contributed by atoms with Crippen LogP contribution in [0.5, 0.6) is 0 Å². The maximum atomic E-state index is 6.40. The molecule has 1 heterocycles. The van der Waals surface area contributed by atoms with Gasteiger partial charge in [-0.1, -0.05) is 19.3 Å². The van der Waals surface area contributed by atoms with Gasteiger partial charge in [0.1, 0.15) is 5.82 Å². The molecule has 1 aliphatic carbocycles. The lowest BCUT2D eigenvalue weighted by Gasteiger charge is -2.21. The Labute approximate surface area is 109 Å². The first-order valence-corrected chi connectivity index (χ1v) is 7.04. The average molecular weight is 256 g/mol. The van der Waals surface area contributed by atoms with Gasteiger partial charge in [-0.2, -0.15) is 0 Å². The quantitative estimate of drug-likeness (QED) is 0.662. The number of hydrogen-bond donors (Lipinski definition) is 1. The summed E-state index contributed by atoms with van der Waals surface area (Å²) in [7, 11) is 2.04. The first kappa shape index (κ1) is 12.9. The minimum Gasteiger partial charge on any atom is -0.338 e. The van der Waals surface area contributed by atoms with E-state index in [-0.39, 0.29) is 0 Å². The molecule has 0 aliphatic heterocycles. The fourth-order valence-corrected chi connectivity index (χ4v) is 2.87. The largest absolute Gasteiger partial charge is 0.338 e. The van der Waals surface area contributed by atoms with E-state index < -0.39 is 0 Å². The van der Waals surface area contributed by atoms with E-state index in [0.717, 1.165) is 25.2 Å². The molecule has 2 atom stereocenters. The zero-order valence-electron chi connectivity index (χ0n) is 10.5. The van der Waals surface area contributed by atoms with E-state index in [4.69, 9.17) is 11.6 Å². The Morgan fingerprint density at radius 1 is 1.41 bits per heavy atom. The molecule has 0 spiro atoms. The van der Waals surface area contributed by atoms with E-state index in [1.54, 1.807) is 0 Å². The van der Waals surface area contributed by atoms with Gasteiger partial charge in [-0.25, -0.2) is 4.98 Å². The first-order chi connectivity index (χ1) is 8.27. The molecule has 0 saturated heterocycles. The standard InChI is InChI=1S/C13H22ClN3/c1-17-10-9-16-13(17)7-8-15-12-6-4-2-3-5-11(12)14/h9-12,15H,2-8H2,1H3. The van der Waals surface area contributed by atoms with Crippen LogP contribution in [-0.4, -0.2) is 27.5 Å². The number of hydrogen-bond acceptors (Lipinski definition) is 2. The van der Waals surface area contributed by atoms with Crippen LogP contribution in [0.25, 0.3) is 0 Å². The third kappa shape index (κ3) is 3.71. The van der Waals surface area contributed by atoms with Crippen LogP contribution >= 0.6 is 11.6 Å². The molecule has 96 valence electrons. The number of halogens is 1. The first-order valence-electron chi connectivity index (χ1n) is 6.61. The van der Waals surface area contributed by atoms with Crippen molar-refractivity contribution in [1.29, 1.82) is 0 Å². The lowest BCUT2D eigenvalue weighted by molar-refractivity contribution is 0.465. The summed E-state index contributed by atoms with van der Waals surface area (Å²) >= 11 is 6.40. The van der Waals surface area contributed by atoms with Crippen molar-refractivity contribution in [2.24, 2.45) is 7.05 Å². The zero-order valence-corrected chi connectivity index (χ0v) is 11.3. The molecule has 2 unspecified atom stereocenters. The summed E-state index contributed by atoms with van der Waals surface area (Å²) in [4.78, 5) is 4.33. The Hall–Kier alpha value is -0.540. The monoisotopic (exact) mass is 255 g/mol. The molecule has 1 aromatic rings. The molecule has 0 radical (unpaired) electrons. The highest BCUT2D eigenvalue weighted by molar-refractivity contribution is 6.21. The van der Waals surface area contributed by atoms with Gasteiger partial charge in [-0.05, 0) is 12.8 Å². The van der Waals surface area contributed by atoms with Gasteiger partial charge >= 0.3 is 0 Å². The maximum absolute atomic E-state index is 6.40. The van der Waals surface area contributed by atoms with Gasteiger partial charge in [0.2, 0.25) is 0 Å². The Morgan fingerprint density at radius 2 is 2.24 bits per heavy atom. The number of nitrogens with zero attached hydrogens (tertiary/aromatic N) is 2. The van der Waals surface area contributed by atoms with E-state index in [1.807, 2.05) is 19.4 Å². The van der Waals surface area contributed by atoms with Crippen molar-refractivity contribution in [3.63, 3.8) is 0 Å². The molecule has 4 heteroatoms. The summed E-state index contributed by atoms with van der Waals surface area (Å²) in [5.74, 6) is 1.14. The minimum absolute atomic E-state index is 0.305. The summed E-state index contributed by atoms with van der Waals surface area (Å²) in [5.41, 5.74) is 0. The molecule has 0 amide bonds. The van der Waals surface area contributed by atoms with Gasteiger partial charge in [0.15, 0.2) is 0 Å². The Balaban J connectivity index is 1.75. The van der Waals surface area contributed by atoms with Crippen LogP contribution in [0.2, 0.25) is 0 Å². The Bertz CT molecular complexity index is 337. The van der Waals surface area contributed by atoms with Gasteiger partial charge in [-0.15, -0.1) is 11.6 Å². The summed E-state index contributed by atoms with van der Waals surface area (Å²) < 4.78 is 2.08. The van der Waals surface area contributed by atoms with Gasteiger partial charge in [-0.3, -0.25) is 0 Å². The van der Waals surface area contributed by atoms with Crippen molar-refractivity contribution in [2.75, 3.05) is 6.54 Å². The smallest absolute Gasteiger partial charge is 0.109 e. The SMILES string of the molecule is Cn1ccnc1CCNC1CCCCCC1Cl. The minimum atomic E-state index is 0.305. The molecule has 2 rings (SSSR count). The maximum Gasteiger partial charge on any atom is 0.109 e. The third-order valence-electron chi connectivity index (χ3n) is 3.61. The summed E-state index contributed by atoms with van der Waals surface area (Å²) in [6.07, 6.45) is 11.1. The lowest BCUT2D eigenvalue weighted by atomic mass is 10.1. The molecule has 17 heavy (non-hydrogen) atoms. The lowest BCUT2D eigenvalue weighted by Crippen LogP contribution is -2.37. The molecule has 1 saturated carbocycles. The number of imidazole rings is 1. The molecule has 0 bridgehead atoms. The van der Waals surface area contributed by atoms with Crippen LogP contribution in [0, 0.1) is 0 Å². The van der Waals surface area contributed by atoms with Crippen LogP contribution in [0.4, 0.5) is 0 Å². The van der Waals surface area contributed by atoms with Crippen molar-refractivity contribution in [2.45, 2.75) is 49.9 Å². The van der Waals surface area contributed by atoms with Crippen molar-refractivity contribution in [1.82, 2.24) is 14.9 Å². The molecule has 0 aromatic carbocycles. The normalized spacial score (nSPS) is 25.8. The highest BCUT2D eigenvalue weighted by atomic mass is 35.5. The second-order valence-corrected chi connectivity index (χ2v) is 5.48. The van der Waals surface area contributed by atoms with E-state index in [9.17, 15) is 0 Å². The molecule has 1 aliphatic rings. The van der Waals surface area contributed by atoms with Crippen LogP contribution < -0.4 is 5.32 Å². The van der Waals surface area contributed by atoms with E-state index in [0.29, 0.717) is 11.4 Å². The van der Waals surface area contributed by atoms with Crippen LogP contribution in [-0.2, 0) is 13.5 Å². The topological polar surface area (TPSA) is 29.9 Å². The van der Waals surface area contributed by atoms with Crippen molar-refractivity contribution in [3.05, 3.63) is 18.2 Å². The molecular formula is C13H22ClN3. The van der Waals surface area contributed by atoms with Crippen LogP contribution in [0.15, 0.2) is 12.4 Å². The zero-order chi connectivity index (χ0) is 12.1. The van der Waals surface area contributed by atoms with Crippen LogP contribution in [0.1, 0.15) is 37.9 Å². The van der Waals surface area contributed by atoms with Crippen molar-refractivity contribution in [3.8, 4) is 0 Å². The van der Waals surface area contributed by atoms with Gasteiger partial charge in [0.25, 0.3) is 0 Å². The Morgan fingerprint density at radius 3 is 3.00 bits per heavy atom. The molecule has 1 fully saturated rings. The number of rotatable bonds is 4. The number of aromatic nitrogens is 2. The highest BCUT2D eigenvalue weighted by Crippen LogP contribution is 2.22. The fourth-order valence-electron chi connectivity index (χ4n) is 2.50. The second kappa shape index (κ2) is 6.41. The fraction of sp³-hybridized carbons (Fsp3) is 0.769. The molecule has 1 aromatic heterocycles. The molecular weight excluding hydrogens is 234 g/mol. The third-order valence-corrected chi connectivity index (χ3v) is 4.13. The van der Waals surface area contributed by atoms with Crippen LogP contribution in [0.3, 0.4) is 0 Å². The number of alkyl halides is 1. The van der Waals surface area contributed by atoms with Crippen molar-refractivity contribution < 1.29 is 0 Å². The van der Waals surface area contributed by atoms with Gasteiger partial charge in [0, 0.05) is 43.8 Å². The van der Waals surface area contributed by atoms with Gasteiger partial charge in [0.05, 0.1) is 0 Å². The average Bonchev–Trinajstić information content (AvgIpc) is 2.60. The van der Waals surface area contributed by atoms with E-state index >= 15 is 0 Å². The van der Waals surface area contributed by atoms with E-state index in [2.05, 4.69) is 14.9 Å². The molecule has 3 nitrogen and oxygen atoms in total. The summed E-state index contributed by atoms with van der Waals surface area (Å²) in [6, 6.07) is 0.486. The highest BCUT2D eigenvalue weighted by Gasteiger charge is 2.20. The summed E-state index contributed by atoms with van der Waals surface area (Å²) in [5, 5.41) is 3.90. The number of aryl methyl sites for hydroxylation is 1. The predicted molar refractivity (Wildman–Crippen MR) is 71.4 cm³/mol. The second-order valence-electron chi connectivity index (χ2n) is 4.92. The van der Waals surface area contributed by atoms with Gasteiger partial charge < -0.3 is 9.88 Å². The summed E-state index contributed by atoms with van der Waals surface area (Å²) in [6.45, 7) is 0.971. The predicted octanol–water partition coefficient (Wildman–Crippen LogP) is 2.49. The number of nitrogens with one attached hydrogen (secondary N) is 1. The molecule has 1 N–H and O–H groups in total.